The molecule has 3 aromatic heterocycles. The number of para-hydroxylation sites is 2. The van der Waals surface area contributed by atoms with Crippen LogP contribution in [0.4, 0.5) is 17.1 Å². The Morgan fingerprint density at radius 3 is 1.67 bits per heavy atom. The summed E-state index contributed by atoms with van der Waals surface area (Å²) in [5.41, 5.74) is 13.7. The van der Waals surface area contributed by atoms with E-state index in [0.717, 1.165) is 72.1 Å². The highest BCUT2D eigenvalue weighted by Crippen LogP contribution is 2.44. The van der Waals surface area contributed by atoms with Gasteiger partial charge in [-0.05, 0) is 94.5 Å². The van der Waals surface area contributed by atoms with Gasteiger partial charge in [0.25, 0.3) is 0 Å². The van der Waals surface area contributed by atoms with Crippen LogP contribution < -0.4 is 4.90 Å². The van der Waals surface area contributed by atoms with E-state index < -0.39 is 0 Å². The lowest BCUT2D eigenvalue weighted by Gasteiger charge is -2.26. The van der Waals surface area contributed by atoms with E-state index in [4.69, 9.17) is 8.83 Å². The molecule has 272 valence electrons. The van der Waals surface area contributed by atoms with Crippen LogP contribution in [0.2, 0.25) is 0 Å². The van der Waals surface area contributed by atoms with Crippen LogP contribution in [0.1, 0.15) is 0 Å². The van der Waals surface area contributed by atoms with Crippen molar-refractivity contribution in [1.82, 2.24) is 0 Å². The summed E-state index contributed by atoms with van der Waals surface area (Å²) in [6.07, 6.45) is 0. The van der Waals surface area contributed by atoms with Crippen molar-refractivity contribution in [3.63, 3.8) is 0 Å². The monoisotopic (exact) mass is 759 g/mol. The summed E-state index contributed by atoms with van der Waals surface area (Å²) in [5.74, 6) is 0. The minimum Gasteiger partial charge on any atom is -0.456 e. The number of thiophene rings is 1. The zero-order chi connectivity index (χ0) is 38.2. The molecule has 0 bridgehead atoms. The molecule has 0 saturated carbocycles. The minimum atomic E-state index is 0.834. The number of fused-ring (bicyclic) bond motifs is 10. The van der Waals surface area contributed by atoms with Crippen LogP contribution in [0.3, 0.4) is 0 Å². The summed E-state index contributed by atoms with van der Waals surface area (Å²) in [5, 5.41) is 6.82. The van der Waals surface area contributed by atoms with Crippen molar-refractivity contribution >= 4 is 92.4 Å². The van der Waals surface area contributed by atoms with Crippen molar-refractivity contribution < 1.29 is 8.83 Å². The fourth-order valence-corrected chi connectivity index (χ4v) is 9.86. The molecule has 0 amide bonds. The Balaban J connectivity index is 0.980. The van der Waals surface area contributed by atoms with Crippen molar-refractivity contribution in [3.8, 4) is 33.4 Å². The minimum absolute atomic E-state index is 0.834. The lowest BCUT2D eigenvalue weighted by atomic mass is 9.94. The maximum atomic E-state index is 6.82. The summed E-state index contributed by atoms with van der Waals surface area (Å²) in [7, 11) is 0. The zero-order valence-corrected chi connectivity index (χ0v) is 32.0. The molecule has 9 aromatic carbocycles. The van der Waals surface area contributed by atoms with Gasteiger partial charge >= 0.3 is 0 Å². The highest BCUT2D eigenvalue weighted by atomic mass is 32.1. The lowest BCUT2D eigenvalue weighted by molar-refractivity contribution is 0.663. The lowest BCUT2D eigenvalue weighted by Crippen LogP contribution is -2.09. The van der Waals surface area contributed by atoms with Crippen LogP contribution in [-0.2, 0) is 0 Å². The van der Waals surface area contributed by atoms with E-state index in [1.165, 1.54) is 42.4 Å². The summed E-state index contributed by atoms with van der Waals surface area (Å²) >= 11 is 1.84. The molecule has 0 aliphatic rings. The number of nitrogens with zero attached hydrogens (tertiary/aromatic N) is 1. The first-order chi connectivity index (χ1) is 28.7. The molecular weight excluding hydrogens is 727 g/mol. The molecule has 12 aromatic rings. The molecule has 0 atom stereocenters. The van der Waals surface area contributed by atoms with Gasteiger partial charge in [-0.2, -0.15) is 0 Å². The predicted molar refractivity (Wildman–Crippen MR) is 245 cm³/mol. The van der Waals surface area contributed by atoms with Crippen molar-refractivity contribution in [2.75, 3.05) is 4.90 Å². The van der Waals surface area contributed by atoms with Crippen molar-refractivity contribution in [3.05, 3.63) is 200 Å². The Morgan fingerprint density at radius 2 is 0.897 bits per heavy atom. The molecule has 0 saturated heterocycles. The third kappa shape index (κ3) is 5.19. The van der Waals surface area contributed by atoms with E-state index in [1.807, 2.05) is 23.5 Å². The summed E-state index contributed by atoms with van der Waals surface area (Å²) in [6.45, 7) is 0. The average Bonchev–Trinajstić information content (AvgIpc) is 3.98. The number of anilines is 3. The molecule has 0 fully saturated rings. The van der Waals surface area contributed by atoms with E-state index in [9.17, 15) is 0 Å². The first-order valence-corrected chi connectivity index (χ1v) is 20.4. The van der Waals surface area contributed by atoms with Gasteiger partial charge in [-0.15, -0.1) is 11.3 Å². The van der Waals surface area contributed by atoms with Gasteiger partial charge in [-0.3, -0.25) is 0 Å². The van der Waals surface area contributed by atoms with Gasteiger partial charge in [-0.1, -0.05) is 133 Å². The summed E-state index contributed by atoms with van der Waals surface area (Å²) in [4.78, 5) is 2.37. The van der Waals surface area contributed by atoms with Crippen molar-refractivity contribution in [1.29, 1.82) is 0 Å². The topological polar surface area (TPSA) is 29.5 Å². The average molecular weight is 760 g/mol. The first kappa shape index (κ1) is 32.8. The van der Waals surface area contributed by atoms with Crippen LogP contribution in [0.25, 0.3) is 97.4 Å². The second kappa shape index (κ2) is 13.1. The largest absolute Gasteiger partial charge is 0.456 e. The Morgan fingerprint density at radius 1 is 0.328 bits per heavy atom. The fraction of sp³-hybridized carbons (Fsp3) is 0. The van der Waals surface area contributed by atoms with Gasteiger partial charge in [0.05, 0.1) is 5.39 Å². The Bertz CT molecular complexity index is 3500. The molecule has 0 N–H and O–H groups in total. The Labute approximate surface area is 338 Å². The molecule has 0 aliphatic heterocycles. The van der Waals surface area contributed by atoms with E-state index in [0.29, 0.717) is 0 Å². The predicted octanol–water partition coefficient (Wildman–Crippen LogP) is 16.3. The van der Waals surface area contributed by atoms with E-state index in [2.05, 4.69) is 193 Å². The van der Waals surface area contributed by atoms with E-state index >= 15 is 0 Å². The number of rotatable bonds is 6. The van der Waals surface area contributed by atoms with Gasteiger partial charge in [0, 0.05) is 59.0 Å². The normalized spacial score (nSPS) is 11.8. The van der Waals surface area contributed by atoms with Crippen LogP contribution in [0.5, 0.6) is 0 Å². The molecule has 0 radical (unpaired) electrons. The van der Waals surface area contributed by atoms with Crippen LogP contribution in [-0.4, -0.2) is 0 Å². The van der Waals surface area contributed by atoms with Gasteiger partial charge in [0.1, 0.15) is 22.3 Å². The van der Waals surface area contributed by atoms with Crippen molar-refractivity contribution in [2.24, 2.45) is 0 Å². The molecule has 0 unspecified atom stereocenters. The third-order valence-electron chi connectivity index (χ3n) is 11.5. The highest BCUT2D eigenvalue weighted by molar-refractivity contribution is 7.25. The highest BCUT2D eigenvalue weighted by Gasteiger charge is 2.20. The summed E-state index contributed by atoms with van der Waals surface area (Å²) in [6, 6.07) is 71.5. The molecule has 58 heavy (non-hydrogen) atoms. The second-order valence-corrected chi connectivity index (χ2v) is 15.9. The maximum Gasteiger partial charge on any atom is 0.147 e. The molecule has 3 heterocycles. The van der Waals surface area contributed by atoms with Gasteiger partial charge < -0.3 is 13.7 Å². The van der Waals surface area contributed by atoms with Gasteiger partial charge in [0.2, 0.25) is 0 Å². The van der Waals surface area contributed by atoms with E-state index in [1.54, 1.807) is 0 Å². The van der Waals surface area contributed by atoms with Crippen LogP contribution in [0, 0.1) is 0 Å². The second-order valence-electron chi connectivity index (χ2n) is 14.8. The Kier molecular flexibility index (Phi) is 7.40. The first-order valence-electron chi connectivity index (χ1n) is 19.6. The zero-order valence-electron chi connectivity index (χ0n) is 31.2. The Hall–Kier alpha value is -7.40. The number of hydrogen-bond donors (Lipinski definition) is 0. The number of hydrogen-bond acceptors (Lipinski definition) is 4. The quantitative estimate of drug-likeness (QED) is 0.169. The van der Waals surface area contributed by atoms with Crippen molar-refractivity contribution in [2.45, 2.75) is 0 Å². The smallest absolute Gasteiger partial charge is 0.147 e. The SMILES string of the molecule is c1ccc(-c2ccccc2-c2ccc(N(c3ccc(-c4cccc5c4oc4c5ccc5oc6ccccc6c54)cc3)c3ccc4sc5ccccc5c4c3)cc2)cc1. The molecule has 3 nitrogen and oxygen atoms in total. The molecule has 4 heteroatoms. The maximum absolute atomic E-state index is 6.82. The molecule has 0 aliphatic carbocycles. The van der Waals surface area contributed by atoms with E-state index in [-0.39, 0.29) is 0 Å². The van der Waals surface area contributed by atoms with Gasteiger partial charge in [-0.25, -0.2) is 0 Å². The summed E-state index contributed by atoms with van der Waals surface area (Å²) < 4.78 is 15.6. The standard InChI is InChI=1S/C54H33NO2S/c1-2-11-34(12-3-1)40-13-4-5-14-41(40)35-21-25-37(26-22-35)55(39-29-32-51-47(33-39)43-15-7-9-20-50(43)58-51)38-27-23-36(24-28-38)42-17-10-18-44-45-30-31-49-52(54(45)57-53(42)44)46-16-6-8-19-48(46)56-49/h1-33H. The van der Waals surface area contributed by atoms with Gasteiger partial charge in [0.15, 0.2) is 0 Å². The third-order valence-corrected chi connectivity index (χ3v) is 12.7. The number of benzene rings is 9. The molecular formula is C54H33NO2S. The van der Waals surface area contributed by atoms with Crippen LogP contribution >= 0.6 is 11.3 Å². The molecule has 0 spiro atoms. The fourth-order valence-electron chi connectivity index (χ4n) is 8.78. The van der Waals surface area contributed by atoms with Crippen LogP contribution in [0.15, 0.2) is 209 Å². The molecule has 12 rings (SSSR count). The number of furan rings is 2.